The lowest BCUT2D eigenvalue weighted by molar-refractivity contribution is -0.141. The zero-order valence-corrected chi connectivity index (χ0v) is 14.8. The molecule has 0 atom stereocenters. The Morgan fingerprint density at radius 3 is 2.26 bits per heavy atom. The maximum Gasteiger partial charge on any atom is 0.228 e. The van der Waals surface area contributed by atoms with Gasteiger partial charge in [-0.15, -0.1) is 11.3 Å². The number of aryl methyl sites for hydroxylation is 2. The molecule has 2 fully saturated rings. The van der Waals surface area contributed by atoms with Gasteiger partial charge in [0.05, 0.1) is 17.1 Å². The van der Waals surface area contributed by atoms with Crippen LogP contribution in [-0.4, -0.2) is 52.8 Å². The van der Waals surface area contributed by atoms with Crippen LogP contribution in [0.3, 0.4) is 0 Å². The molecule has 0 bridgehead atoms. The molecular weight excluding hydrogens is 310 g/mol. The molecule has 5 nitrogen and oxygen atoms in total. The smallest absolute Gasteiger partial charge is 0.228 e. The van der Waals surface area contributed by atoms with E-state index in [-0.39, 0.29) is 11.8 Å². The minimum absolute atomic E-state index is 0.157. The Morgan fingerprint density at radius 1 is 1.09 bits per heavy atom. The van der Waals surface area contributed by atoms with Gasteiger partial charge >= 0.3 is 0 Å². The third-order valence-electron chi connectivity index (χ3n) is 4.96. The number of thiazole rings is 1. The number of carbonyl (C=O) groups is 2. The SMILES string of the molecule is Cc1nc(C)c(CC(=O)N2CCN(C(=O)C3CCCC3)CC2)s1. The predicted octanol–water partition coefficient (Wildman–Crippen LogP) is 2.16. The van der Waals surface area contributed by atoms with Crippen molar-refractivity contribution in [2.24, 2.45) is 5.92 Å². The fourth-order valence-electron chi connectivity index (χ4n) is 3.59. The van der Waals surface area contributed by atoms with Crippen LogP contribution in [0.2, 0.25) is 0 Å². The van der Waals surface area contributed by atoms with Gasteiger partial charge in [0.15, 0.2) is 0 Å². The molecule has 1 saturated carbocycles. The highest BCUT2D eigenvalue weighted by Gasteiger charge is 2.30. The summed E-state index contributed by atoms with van der Waals surface area (Å²) in [6.07, 6.45) is 4.89. The van der Waals surface area contributed by atoms with Gasteiger partial charge in [-0.25, -0.2) is 4.98 Å². The lowest BCUT2D eigenvalue weighted by atomic mass is 10.1. The Labute approximate surface area is 141 Å². The van der Waals surface area contributed by atoms with Gasteiger partial charge in [-0.3, -0.25) is 9.59 Å². The van der Waals surface area contributed by atoms with E-state index in [4.69, 9.17) is 0 Å². The normalized spacial score (nSPS) is 19.4. The molecule has 6 heteroatoms. The lowest BCUT2D eigenvalue weighted by Crippen LogP contribution is -2.52. The fraction of sp³-hybridized carbons (Fsp3) is 0.706. The van der Waals surface area contributed by atoms with Crippen molar-refractivity contribution in [1.29, 1.82) is 0 Å². The molecule has 126 valence electrons. The monoisotopic (exact) mass is 335 g/mol. The summed E-state index contributed by atoms with van der Waals surface area (Å²) >= 11 is 1.61. The summed E-state index contributed by atoms with van der Waals surface area (Å²) in [5, 5.41) is 1.01. The van der Waals surface area contributed by atoms with Crippen LogP contribution in [0.5, 0.6) is 0 Å². The highest BCUT2D eigenvalue weighted by molar-refractivity contribution is 7.11. The van der Waals surface area contributed by atoms with Crippen molar-refractivity contribution in [3.05, 3.63) is 15.6 Å². The van der Waals surface area contributed by atoms with Gasteiger partial charge < -0.3 is 9.80 Å². The Balaban J connectivity index is 1.51. The molecule has 1 aliphatic heterocycles. The molecule has 1 saturated heterocycles. The number of aromatic nitrogens is 1. The average molecular weight is 335 g/mol. The van der Waals surface area contributed by atoms with Gasteiger partial charge in [0.25, 0.3) is 0 Å². The van der Waals surface area contributed by atoms with E-state index < -0.39 is 0 Å². The molecule has 23 heavy (non-hydrogen) atoms. The fourth-order valence-corrected chi connectivity index (χ4v) is 4.52. The predicted molar refractivity (Wildman–Crippen MR) is 90.4 cm³/mol. The Kier molecular flexibility index (Phi) is 4.99. The maximum atomic E-state index is 12.5. The first kappa shape index (κ1) is 16.4. The number of hydrogen-bond donors (Lipinski definition) is 0. The van der Waals surface area contributed by atoms with Gasteiger partial charge in [-0.05, 0) is 26.7 Å². The number of hydrogen-bond acceptors (Lipinski definition) is 4. The van der Waals surface area contributed by atoms with Crippen molar-refractivity contribution in [3.63, 3.8) is 0 Å². The highest BCUT2D eigenvalue weighted by atomic mass is 32.1. The molecule has 0 aromatic carbocycles. The minimum Gasteiger partial charge on any atom is -0.339 e. The van der Waals surface area contributed by atoms with E-state index in [0.717, 1.165) is 28.4 Å². The van der Waals surface area contributed by atoms with E-state index in [1.165, 1.54) is 12.8 Å². The van der Waals surface area contributed by atoms with E-state index in [9.17, 15) is 9.59 Å². The van der Waals surface area contributed by atoms with E-state index in [1.807, 2.05) is 23.6 Å². The molecule has 1 aromatic rings. The highest BCUT2D eigenvalue weighted by Crippen LogP contribution is 2.27. The summed E-state index contributed by atoms with van der Waals surface area (Å²) in [6.45, 7) is 6.62. The maximum absolute atomic E-state index is 12.5. The van der Waals surface area contributed by atoms with Crippen LogP contribution in [-0.2, 0) is 16.0 Å². The van der Waals surface area contributed by atoms with Crippen molar-refractivity contribution in [2.75, 3.05) is 26.2 Å². The third-order valence-corrected chi connectivity index (χ3v) is 6.03. The van der Waals surface area contributed by atoms with E-state index in [0.29, 0.717) is 38.5 Å². The Morgan fingerprint density at radius 2 is 1.70 bits per heavy atom. The number of amides is 2. The zero-order valence-electron chi connectivity index (χ0n) is 14.0. The number of nitrogens with zero attached hydrogens (tertiary/aromatic N) is 3. The summed E-state index contributed by atoms with van der Waals surface area (Å²) < 4.78 is 0. The average Bonchev–Trinajstić information content (AvgIpc) is 3.17. The standard InChI is InChI=1S/C17H25N3O2S/c1-12-15(23-13(2)18-12)11-16(21)19-7-9-20(10-8-19)17(22)14-5-3-4-6-14/h14H,3-11H2,1-2H3. The lowest BCUT2D eigenvalue weighted by Gasteiger charge is -2.36. The van der Waals surface area contributed by atoms with E-state index >= 15 is 0 Å². The van der Waals surface area contributed by atoms with Crippen molar-refractivity contribution >= 4 is 23.2 Å². The first-order valence-electron chi connectivity index (χ1n) is 8.54. The van der Waals surface area contributed by atoms with Crippen LogP contribution in [0.15, 0.2) is 0 Å². The van der Waals surface area contributed by atoms with Crippen LogP contribution in [0.1, 0.15) is 41.3 Å². The van der Waals surface area contributed by atoms with Crippen molar-refractivity contribution in [2.45, 2.75) is 46.0 Å². The molecule has 3 rings (SSSR count). The molecule has 0 unspecified atom stereocenters. The molecule has 1 aliphatic carbocycles. The second-order valence-electron chi connectivity index (χ2n) is 6.61. The quantitative estimate of drug-likeness (QED) is 0.850. The number of rotatable bonds is 3. The van der Waals surface area contributed by atoms with Gasteiger partial charge in [-0.2, -0.15) is 0 Å². The molecule has 0 spiro atoms. The second-order valence-corrected chi connectivity index (χ2v) is 7.89. The van der Waals surface area contributed by atoms with Crippen LogP contribution in [0.4, 0.5) is 0 Å². The Hall–Kier alpha value is -1.43. The van der Waals surface area contributed by atoms with Crippen LogP contribution in [0, 0.1) is 19.8 Å². The Bertz CT molecular complexity index is 585. The molecule has 0 radical (unpaired) electrons. The molecule has 1 aromatic heterocycles. The topological polar surface area (TPSA) is 53.5 Å². The molecule has 0 N–H and O–H groups in total. The third kappa shape index (κ3) is 3.74. The largest absolute Gasteiger partial charge is 0.339 e. The van der Waals surface area contributed by atoms with Crippen molar-refractivity contribution < 1.29 is 9.59 Å². The number of carbonyl (C=O) groups excluding carboxylic acids is 2. The van der Waals surface area contributed by atoms with E-state index in [2.05, 4.69) is 4.98 Å². The molecule has 2 amide bonds. The summed E-state index contributed by atoms with van der Waals surface area (Å²) in [4.78, 5) is 34.2. The molecule has 2 heterocycles. The summed E-state index contributed by atoms with van der Waals surface area (Å²) in [5.41, 5.74) is 0.968. The van der Waals surface area contributed by atoms with Gasteiger partial charge in [-0.1, -0.05) is 12.8 Å². The molecule has 2 aliphatic rings. The van der Waals surface area contributed by atoms with Crippen LogP contribution >= 0.6 is 11.3 Å². The number of piperazine rings is 1. The van der Waals surface area contributed by atoms with Crippen molar-refractivity contribution in [3.8, 4) is 0 Å². The van der Waals surface area contributed by atoms with E-state index in [1.54, 1.807) is 11.3 Å². The molecular formula is C17H25N3O2S. The minimum atomic E-state index is 0.157. The second kappa shape index (κ2) is 6.99. The summed E-state index contributed by atoms with van der Waals surface area (Å²) in [5.74, 6) is 0.702. The van der Waals surface area contributed by atoms with Crippen LogP contribution in [0.25, 0.3) is 0 Å². The van der Waals surface area contributed by atoms with Gasteiger partial charge in [0, 0.05) is 37.0 Å². The van der Waals surface area contributed by atoms with Crippen molar-refractivity contribution in [1.82, 2.24) is 14.8 Å². The van der Waals surface area contributed by atoms with Gasteiger partial charge in [0.1, 0.15) is 0 Å². The summed E-state index contributed by atoms with van der Waals surface area (Å²) in [6, 6.07) is 0. The van der Waals surface area contributed by atoms with Gasteiger partial charge in [0.2, 0.25) is 11.8 Å². The first-order valence-corrected chi connectivity index (χ1v) is 9.35. The van der Waals surface area contributed by atoms with Crippen LogP contribution < -0.4 is 0 Å². The summed E-state index contributed by atoms with van der Waals surface area (Å²) in [7, 11) is 0. The zero-order chi connectivity index (χ0) is 16.4. The first-order chi connectivity index (χ1) is 11.0.